The zero-order chi connectivity index (χ0) is 11.0. The second-order valence-electron chi connectivity index (χ2n) is 3.87. The number of hydrogen-bond acceptors (Lipinski definition) is 5. The van der Waals surface area contributed by atoms with E-state index >= 15 is 0 Å². The number of hydrogen-bond donors (Lipinski definition) is 2. The molecule has 1 saturated carbocycles. The van der Waals surface area contributed by atoms with E-state index in [9.17, 15) is 0 Å². The van der Waals surface area contributed by atoms with Crippen LogP contribution >= 0.6 is 0 Å². The first-order chi connectivity index (χ1) is 7.86. The van der Waals surface area contributed by atoms with Gasteiger partial charge in [0.2, 0.25) is 0 Å². The van der Waals surface area contributed by atoms with Crippen LogP contribution in [-0.2, 0) is 0 Å². The number of nitrogen functional groups attached to an aromatic ring is 1. The highest BCUT2D eigenvalue weighted by atomic mass is 15.3. The molecule has 6 nitrogen and oxygen atoms in total. The Hall–Kier alpha value is -1.95. The molecule has 3 N–H and O–H groups in total. The van der Waals surface area contributed by atoms with Crippen LogP contribution in [0.25, 0.3) is 5.82 Å². The number of nitrogens with two attached hydrogens (primary N) is 1. The van der Waals surface area contributed by atoms with Gasteiger partial charge in [0.25, 0.3) is 0 Å². The van der Waals surface area contributed by atoms with Gasteiger partial charge >= 0.3 is 0 Å². The van der Waals surface area contributed by atoms with Crippen molar-refractivity contribution in [1.29, 1.82) is 0 Å². The SMILES string of the molecule is NNc1cc(-n2ccc(C3CC3)n2)ncn1. The fourth-order valence-electron chi connectivity index (χ4n) is 1.61. The van der Waals surface area contributed by atoms with Gasteiger partial charge in [-0.05, 0) is 18.9 Å². The monoisotopic (exact) mass is 216 g/mol. The lowest BCUT2D eigenvalue weighted by Gasteiger charge is -2.02. The van der Waals surface area contributed by atoms with Crippen molar-refractivity contribution >= 4 is 5.82 Å². The van der Waals surface area contributed by atoms with Crippen LogP contribution in [0, 0.1) is 0 Å². The fourth-order valence-corrected chi connectivity index (χ4v) is 1.61. The molecular formula is C10H12N6. The second kappa shape index (κ2) is 3.57. The average Bonchev–Trinajstić information content (AvgIpc) is 3.07. The summed E-state index contributed by atoms with van der Waals surface area (Å²) < 4.78 is 1.75. The van der Waals surface area contributed by atoms with Crippen molar-refractivity contribution in [2.75, 3.05) is 5.43 Å². The first-order valence-electron chi connectivity index (χ1n) is 5.21. The highest BCUT2D eigenvalue weighted by molar-refractivity contribution is 5.38. The summed E-state index contributed by atoms with van der Waals surface area (Å²) in [7, 11) is 0. The number of nitrogens with one attached hydrogen (secondary N) is 1. The predicted octanol–water partition coefficient (Wildman–Crippen LogP) is 0.825. The van der Waals surface area contributed by atoms with E-state index in [2.05, 4.69) is 20.5 Å². The van der Waals surface area contributed by atoms with Gasteiger partial charge in [0.1, 0.15) is 12.1 Å². The molecule has 1 aliphatic rings. The van der Waals surface area contributed by atoms with Crippen molar-refractivity contribution in [2.45, 2.75) is 18.8 Å². The third kappa shape index (κ3) is 1.63. The first-order valence-corrected chi connectivity index (χ1v) is 5.21. The van der Waals surface area contributed by atoms with Gasteiger partial charge in [-0.15, -0.1) is 0 Å². The van der Waals surface area contributed by atoms with Crippen LogP contribution < -0.4 is 11.3 Å². The molecule has 0 amide bonds. The molecule has 2 aromatic heterocycles. The summed E-state index contributed by atoms with van der Waals surface area (Å²) in [6.45, 7) is 0. The molecule has 0 saturated heterocycles. The zero-order valence-electron chi connectivity index (χ0n) is 8.67. The number of rotatable bonds is 3. The summed E-state index contributed by atoms with van der Waals surface area (Å²) in [4.78, 5) is 8.09. The maximum absolute atomic E-state index is 5.29. The van der Waals surface area contributed by atoms with Gasteiger partial charge in [0.05, 0.1) is 5.69 Å². The topological polar surface area (TPSA) is 81.6 Å². The van der Waals surface area contributed by atoms with Crippen molar-refractivity contribution in [2.24, 2.45) is 5.84 Å². The van der Waals surface area contributed by atoms with Crippen LogP contribution in [0.4, 0.5) is 5.82 Å². The van der Waals surface area contributed by atoms with Crippen LogP contribution in [-0.4, -0.2) is 19.7 Å². The van der Waals surface area contributed by atoms with Gasteiger partial charge in [-0.25, -0.2) is 20.5 Å². The van der Waals surface area contributed by atoms with E-state index < -0.39 is 0 Å². The minimum Gasteiger partial charge on any atom is -0.308 e. The Morgan fingerprint density at radius 2 is 2.25 bits per heavy atom. The Labute approximate surface area is 92.5 Å². The number of nitrogens with zero attached hydrogens (tertiary/aromatic N) is 4. The van der Waals surface area contributed by atoms with Crippen LogP contribution in [0.1, 0.15) is 24.5 Å². The van der Waals surface area contributed by atoms with E-state index in [1.54, 1.807) is 10.7 Å². The molecule has 0 radical (unpaired) electrons. The molecule has 0 spiro atoms. The lowest BCUT2D eigenvalue weighted by Crippen LogP contribution is -2.10. The highest BCUT2D eigenvalue weighted by Crippen LogP contribution is 2.38. The van der Waals surface area contributed by atoms with Gasteiger partial charge in [-0.3, -0.25) is 0 Å². The molecule has 6 heteroatoms. The van der Waals surface area contributed by atoms with E-state index in [-0.39, 0.29) is 0 Å². The van der Waals surface area contributed by atoms with E-state index in [1.165, 1.54) is 19.2 Å². The Kier molecular flexibility index (Phi) is 2.07. The Morgan fingerprint density at radius 3 is 3.00 bits per heavy atom. The number of hydrazine groups is 1. The fraction of sp³-hybridized carbons (Fsp3) is 0.300. The molecule has 0 aromatic carbocycles. The van der Waals surface area contributed by atoms with Crippen molar-refractivity contribution < 1.29 is 0 Å². The second-order valence-corrected chi connectivity index (χ2v) is 3.87. The quantitative estimate of drug-likeness (QED) is 0.586. The van der Waals surface area contributed by atoms with E-state index in [0.717, 1.165) is 11.5 Å². The summed E-state index contributed by atoms with van der Waals surface area (Å²) in [5.74, 6) is 7.23. The summed E-state index contributed by atoms with van der Waals surface area (Å²) >= 11 is 0. The molecule has 82 valence electrons. The van der Waals surface area contributed by atoms with Crippen molar-refractivity contribution in [3.8, 4) is 5.82 Å². The Bertz CT molecular complexity index is 502. The third-order valence-corrected chi connectivity index (χ3v) is 2.64. The van der Waals surface area contributed by atoms with Gasteiger partial charge < -0.3 is 5.43 Å². The lowest BCUT2D eigenvalue weighted by atomic mass is 10.3. The maximum Gasteiger partial charge on any atom is 0.158 e. The molecule has 0 aliphatic heterocycles. The van der Waals surface area contributed by atoms with Crippen LogP contribution in [0.15, 0.2) is 24.7 Å². The standard InChI is InChI=1S/C10H12N6/c11-14-9-5-10(13-6-12-9)16-4-3-8(15-16)7-1-2-7/h3-7H,1-2,11H2,(H,12,13,14). The zero-order valence-corrected chi connectivity index (χ0v) is 8.67. The van der Waals surface area contributed by atoms with Crippen molar-refractivity contribution in [1.82, 2.24) is 19.7 Å². The van der Waals surface area contributed by atoms with Crippen LogP contribution in [0.3, 0.4) is 0 Å². The van der Waals surface area contributed by atoms with E-state index in [0.29, 0.717) is 11.7 Å². The summed E-state index contributed by atoms with van der Waals surface area (Å²) in [5.41, 5.74) is 3.63. The Morgan fingerprint density at radius 1 is 1.38 bits per heavy atom. The van der Waals surface area contributed by atoms with Crippen LogP contribution in [0.5, 0.6) is 0 Å². The minimum atomic E-state index is 0.577. The van der Waals surface area contributed by atoms with Crippen molar-refractivity contribution in [3.05, 3.63) is 30.4 Å². The van der Waals surface area contributed by atoms with Gasteiger partial charge in [0, 0.05) is 18.2 Å². The molecule has 0 unspecified atom stereocenters. The molecule has 2 heterocycles. The molecule has 1 fully saturated rings. The van der Waals surface area contributed by atoms with Crippen molar-refractivity contribution in [3.63, 3.8) is 0 Å². The summed E-state index contributed by atoms with van der Waals surface area (Å²) in [6.07, 6.45) is 5.87. The van der Waals surface area contributed by atoms with Gasteiger partial charge in [-0.2, -0.15) is 5.10 Å². The molecule has 0 bridgehead atoms. The normalized spacial score (nSPS) is 15.1. The summed E-state index contributed by atoms with van der Waals surface area (Å²) in [5, 5.41) is 4.48. The maximum atomic E-state index is 5.29. The lowest BCUT2D eigenvalue weighted by molar-refractivity contribution is 0.808. The molecule has 3 rings (SSSR count). The largest absolute Gasteiger partial charge is 0.308 e. The molecule has 16 heavy (non-hydrogen) atoms. The van der Waals surface area contributed by atoms with E-state index in [1.807, 2.05) is 12.3 Å². The van der Waals surface area contributed by atoms with Gasteiger partial charge in [0.15, 0.2) is 5.82 Å². The first kappa shape index (κ1) is 9.29. The highest BCUT2D eigenvalue weighted by Gasteiger charge is 2.25. The minimum absolute atomic E-state index is 0.577. The molecule has 1 aliphatic carbocycles. The average molecular weight is 216 g/mol. The van der Waals surface area contributed by atoms with Crippen LogP contribution in [0.2, 0.25) is 0 Å². The van der Waals surface area contributed by atoms with Gasteiger partial charge in [-0.1, -0.05) is 0 Å². The summed E-state index contributed by atoms with van der Waals surface area (Å²) in [6, 6.07) is 3.79. The number of anilines is 1. The molecule has 0 atom stereocenters. The number of aromatic nitrogens is 4. The van der Waals surface area contributed by atoms with E-state index in [4.69, 9.17) is 5.84 Å². The smallest absolute Gasteiger partial charge is 0.158 e. The third-order valence-electron chi connectivity index (χ3n) is 2.64. The molecular weight excluding hydrogens is 204 g/mol. The Balaban J connectivity index is 1.93. The molecule has 2 aromatic rings. The predicted molar refractivity (Wildman–Crippen MR) is 58.9 cm³/mol.